The van der Waals surface area contributed by atoms with Crippen LogP contribution in [0.15, 0.2) is 41.6 Å². The van der Waals surface area contributed by atoms with E-state index in [1.807, 2.05) is 29.8 Å². The molecule has 1 aromatic carbocycles. The van der Waals surface area contributed by atoms with Crippen molar-refractivity contribution in [2.75, 3.05) is 5.73 Å². The lowest BCUT2D eigenvalue weighted by molar-refractivity contribution is 0.647. The highest BCUT2D eigenvalue weighted by Crippen LogP contribution is 2.32. The third kappa shape index (κ3) is 2.85. The maximum atomic E-state index is 13.3. The molecule has 31 heavy (non-hydrogen) atoms. The molecule has 154 valence electrons. The fraction of sp³-hybridized carbons (Fsp3) is 0.150. The summed E-state index contributed by atoms with van der Waals surface area (Å²) >= 11 is 3.04. The van der Waals surface area contributed by atoms with E-state index in [9.17, 15) is 4.79 Å². The second-order valence-corrected chi connectivity index (χ2v) is 9.51. The molecule has 9 nitrogen and oxygen atoms in total. The van der Waals surface area contributed by atoms with E-state index in [4.69, 9.17) is 10.7 Å². The summed E-state index contributed by atoms with van der Waals surface area (Å²) in [6.45, 7) is 0.371. The van der Waals surface area contributed by atoms with Crippen molar-refractivity contribution in [3.63, 3.8) is 0 Å². The van der Waals surface area contributed by atoms with Crippen molar-refractivity contribution < 1.29 is 0 Å². The highest BCUT2D eigenvalue weighted by Gasteiger charge is 2.19. The number of rotatable bonds is 4. The minimum atomic E-state index is -0.137. The number of nitrogen functional groups attached to an aromatic ring is 1. The van der Waals surface area contributed by atoms with Crippen LogP contribution in [0.2, 0.25) is 0 Å². The maximum Gasteiger partial charge on any atom is 0.291 e. The number of nitrogens with zero attached hydrogens (tertiary/aromatic N) is 6. The van der Waals surface area contributed by atoms with Gasteiger partial charge in [-0.05, 0) is 11.6 Å². The number of nitrogens with one attached hydrogen (secondary N) is 1. The third-order valence-electron chi connectivity index (χ3n) is 5.36. The van der Waals surface area contributed by atoms with Gasteiger partial charge in [-0.2, -0.15) is 10.2 Å². The van der Waals surface area contributed by atoms with Gasteiger partial charge in [-0.1, -0.05) is 12.1 Å². The Hall–Kier alpha value is -3.57. The second-order valence-electron chi connectivity index (χ2n) is 7.28. The van der Waals surface area contributed by atoms with E-state index < -0.39 is 0 Å². The molecule has 0 unspecified atom stereocenters. The summed E-state index contributed by atoms with van der Waals surface area (Å²) in [7, 11) is 1.88. The van der Waals surface area contributed by atoms with Crippen molar-refractivity contribution in [1.82, 2.24) is 34.5 Å². The van der Waals surface area contributed by atoms with Crippen LogP contribution in [0, 0.1) is 0 Å². The zero-order valence-electron chi connectivity index (χ0n) is 16.4. The number of H-pyrrole nitrogens is 1. The molecule has 0 aliphatic carbocycles. The molecule has 5 heterocycles. The number of benzene rings is 1. The Morgan fingerprint density at radius 1 is 1.16 bits per heavy atom. The molecule has 0 radical (unpaired) electrons. The lowest BCUT2D eigenvalue weighted by atomic mass is 10.1. The molecule has 0 atom stereocenters. The third-order valence-corrected chi connectivity index (χ3v) is 7.27. The lowest BCUT2D eigenvalue weighted by Crippen LogP contribution is -2.24. The van der Waals surface area contributed by atoms with E-state index >= 15 is 0 Å². The summed E-state index contributed by atoms with van der Waals surface area (Å²) < 4.78 is 4.33. The maximum absolute atomic E-state index is 13.3. The zero-order valence-corrected chi connectivity index (χ0v) is 18.0. The molecule has 6 aromatic rings. The van der Waals surface area contributed by atoms with Gasteiger partial charge in [-0.3, -0.25) is 9.89 Å². The fourth-order valence-corrected chi connectivity index (χ4v) is 5.81. The normalized spacial score (nSPS) is 11.9. The lowest BCUT2D eigenvalue weighted by Gasteiger charge is -2.07. The Morgan fingerprint density at radius 3 is 2.90 bits per heavy atom. The molecule has 3 N–H and O–H groups in total. The average Bonchev–Trinajstić information content (AvgIpc) is 3.52. The first kappa shape index (κ1) is 18.2. The van der Waals surface area contributed by atoms with Gasteiger partial charge >= 0.3 is 0 Å². The van der Waals surface area contributed by atoms with Crippen LogP contribution in [-0.4, -0.2) is 34.5 Å². The summed E-state index contributed by atoms with van der Waals surface area (Å²) in [4.78, 5) is 23.2. The highest BCUT2D eigenvalue weighted by molar-refractivity contribution is 7.20. The quantitative estimate of drug-likeness (QED) is 0.428. The number of aromatic amines is 1. The van der Waals surface area contributed by atoms with Gasteiger partial charge in [-0.25, -0.2) is 14.6 Å². The van der Waals surface area contributed by atoms with Gasteiger partial charge in [0.2, 0.25) is 0 Å². The molecule has 0 saturated heterocycles. The Kier molecular flexibility index (Phi) is 3.95. The minimum absolute atomic E-state index is 0.137. The molecule has 0 amide bonds. The van der Waals surface area contributed by atoms with Crippen LogP contribution in [0.1, 0.15) is 15.4 Å². The molecule has 6 rings (SSSR count). The second kappa shape index (κ2) is 6.72. The number of aromatic nitrogens is 7. The number of hydrogen-bond donors (Lipinski definition) is 2. The van der Waals surface area contributed by atoms with Crippen molar-refractivity contribution in [2.45, 2.75) is 13.0 Å². The summed E-state index contributed by atoms with van der Waals surface area (Å²) in [5.41, 5.74) is 8.92. The summed E-state index contributed by atoms with van der Waals surface area (Å²) in [5, 5.41) is 14.8. The number of fused-ring (bicyclic) bond motifs is 4. The predicted molar refractivity (Wildman–Crippen MR) is 123 cm³/mol. The first-order valence-corrected chi connectivity index (χ1v) is 11.2. The standard InChI is InChI=1S/C20H16N8OS2/c1-27-16-13(17-18(27)25-15(31-17)5-11-6-22-20(21)30-11)8-24-28(19(16)29)9-10-3-2-4-14-12(10)7-23-26-14/h2-4,6-8H,5,9H2,1H3,(H2,21,22)(H,23,26). The largest absolute Gasteiger partial charge is 0.375 e. The number of hydrogen-bond acceptors (Lipinski definition) is 8. The van der Waals surface area contributed by atoms with E-state index in [2.05, 4.69) is 20.3 Å². The van der Waals surface area contributed by atoms with Gasteiger partial charge in [0.15, 0.2) is 10.8 Å². The van der Waals surface area contributed by atoms with Gasteiger partial charge in [0.05, 0.1) is 29.2 Å². The molecular weight excluding hydrogens is 432 g/mol. The zero-order chi connectivity index (χ0) is 21.1. The monoisotopic (exact) mass is 448 g/mol. The Labute approximate surface area is 182 Å². The summed E-state index contributed by atoms with van der Waals surface area (Å²) in [6.07, 6.45) is 6.00. The smallest absolute Gasteiger partial charge is 0.291 e. The molecule has 0 aliphatic heterocycles. The topological polar surface area (TPSA) is 120 Å². The number of anilines is 1. The van der Waals surface area contributed by atoms with Crippen molar-refractivity contribution in [3.8, 4) is 0 Å². The van der Waals surface area contributed by atoms with Gasteiger partial charge in [0, 0.05) is 35.3 Å². The van der Waals surface area contributed by atoms with Crippen LogP contribution in [-0.2, 0) is 20.0 Å². The molecule has 0 aliphatic rings. The number of aryl methyl sites for hydroxylation is 1. The first-order valence-electron chi connectivity index (χ1n) is 9.53. The van der Waals surface area contributed by atoms with E-state index in [0.717, 1.165) is 42.1 Å². The number of nitrogens with two attached hydrogens (primary N) is 1. The van der Waals surface area contributed by atoms with Crippen molar-refractivity contribution in [1.29, 1.82) is 0 Å². The summed E-state index contributed by atoms with van der Waals surface area (Å²) in [6, 6.07) is 5.89. The van der Waals surface area contributed by atoms with E-state index in [-0.39, 0.29) is 5.56 Å². The Bertz CT molecular complexity index is 1650. The average molecular weight is 449 g/mol. The van der Waals surface area contributed by atoms with Crippen molar-refractivity contribution in [3.05, 3.63) is 62.6 Å². The van der Waals surface area contributed by atoms with Gasteiger partial charge in [-0.15, -0.1) is 22.7 Å². The van der Waals surface area contributed by atoms with Crippen LogP contribution < -0.4 is 11.3 Å². The van der Waals surface area contributed by atoms with Crippen molar-refractivity contribution in [2.24, 2.45) is 7.05 Å². The van der Waals surface area contributed by atoms with Crippen molar-refractivity contribution >= 4 is 60.0 Å². The fourth-order valence-electron chi connectivity index (χ4n) is 3.90. The Morgan fingerprint density at radius 2 is 2.06 bits per heavy atom. The molecule has 0 bridgehead atoms. The number of thiazole rings is 2. The molecule has 0 spiro atoms. The minimum Gasteiger partial charge on any atom is -0.375 e. The van der Waals surface area contributed by atoms with Crippen LogP contribution >= 0.6 is 22.7 Å². The highest BCUT2D eigenvalue weighted by atomic mass is 32.1. The van der Waals surface area contributed by atoms with Crippen LogP contribution in [0.5, 0.6) is 0 Å². The SMILES string of the molecule is Cn1c2nc(Cc3cnc(N)s3)sc2c2cnn(Cc3cccc4[nH]ncc34)c(=O)c21. The van der Waals surface area contributed by atoms with Gasteiger partial charge in [0.1, 0.15) is 10.5 Å². The van der Waals surface area contributed by atoms with Crippen LogP contribution in [0.3, 0.4) is 0 Å². The van der Waals surface area contributed by atoms with Crippen LogP contribution in [0.4, 0.5) is 5.13 Å². The van der Waals surface area contributed by atoms with Gasteiger partial charge in [0.25, 0.3) is 5.56 Å². The van der Waals surface area contributed by atoms with Crippen LogP contribution in [0.25, 0.3) is 32.2 Å². The molecule has 11 heteroatoms. The van der Waals surface area contributed by atoms with Gasteiger partial charge < -0.3 is 10.3 Å². The first-order chi connectivity index (χ1) is 15.1. The molecule has 0 saturated carbocycles. The van der Waals surface area contributed by atoms with E-state index in [0.29, 0.717) is 23.6 Å². The van der Waals surface area contributed by atoms with E-state index in [1.54, 1.807) is 29.9 Å². The molecule has 5 aromatic heterocycles. The Balaban J connectivity index is 1.43. The van der Waals surface area contributed by atoms with E-state index in [1.165, 1.54) is 16.0 Å². The molecule has 0 fully saturated rings. The molecular formula is C20H16N8OS2. The summed E-state index contributed by atoms with van der Waals surface area (Å²) in [5.74, 6) is 0. The predicted octanol–water partition coefficient (Wildman–Crippen LogP) is 2.90.